The first kappa shape index (κ1) is 28.5. The van der Waals surface area contributed by atoms with Gasteiger partial charge in [-0.2, -0.15) is 4.73 Å². The maximum atomic E-state index is 13.5. The summed E-state index contributed by atoms with van der Waals surface area (Å²) in [6, 6.07) is 15.5. The molecule has 2 heterocycles. The molecule has 12 heteroatoms. The molecule has 1 aliphatic rings. The number of nitrogens with zero attached hydrogens (tertiary/aromatic N) is 3. The van der Waals surface area contributed by atoms with Crippen molar-refractivity contribution in [2.24, 2.45) is 0 Å². The van der Waals surface area contributed by atoms with Gasteiger partial charge < -0.3 is 15.1 Å². The maximum Gasteiger partial charge on any atom is 0.358 e. The van der Waals surface area contributed by atoms with E-state index in [1.165, 1.54) is 17.2 Å². The van der Waals surface area contributed by atoms with E-state index in [0.717, 1.165) is 16.5 Å². The molecule has 3 unspecified atom stereocenters. The third-order valence-corrected chi connectivity index (χ3v) is 6.83. The Bertz CT molecular complexity index is 1310. The molecular weight excluding hydrogens is 519 g/mol. The van der Waals surface area contributed by atoms with E-state index < -0.39 is 23.1 Å². The van der Waals surface area contributed by atoms with Crippen LogP contribution in [0.5, 0.6) is 0 Å². The van der Waals surface area contributed by atoms with Gasteiger partial charge in [-0.25, -0.2) is 18.8 Å². The highest BCUT2D eigenvalue weighted by Gasteiger charge is 2.61. The number of carboxylic acid groups (broad SMARTS) is 2. The van der Waals surface area contributed by atoms with Gasteiger partial charge in [0.15, 0.2) is 5.66 Å². The second-order valence-electron chi connectivity index (χ2n) is 8.34. The van der Waals surface area contributed by atoms with Gasteiger partial charge >= 0.3 is 18.0 Å². The van der Waals surface area contributed by atoms with Crippen molar-refractivity contribution >= 4 is 40.5 Å². The lowest BCUT2D eigenvalue weighted by atomic mass is 9.87. The smallest absolute Gasteiger partial charge is 0.358 e. The SMILES string of the molecule is CCN1C(=O)N(On2ccc3ccccc32)C(NC)(C(C)c2ccc(F)cc2)C1Cl.O=C(O)C=CC(=O)O. The number of likely N-dealkylation sites (N-methyl/N-ethyl adjacent to an activating group) is 2. The number of carboxylic acids is 2. The van der Waals surface area contributed by atoms with Gasteiger partial charge in [-0.05, 0) is 43.8 Å². The molecule has 3 aromatic rings. The van der Waals surface area contributed by atoms with Crippen LogP contribution in [0, 0.1) is 5.82 Å². The number of alkyl halides is 1. The molecule has 1 fully saturated rings. The molecule has 10 nitrogen and oxygen atoms in total. The van der Waals surface area contributed by atoms with Gasteiger partial charge in [0.25, 0.3) is 0 Å². The van der Waals surface area contributed by atoms with Gasteiger partial charge in [0.2, 0.25) is 0 Å². The van der Waals surface area contributed by atoms with Crippen molar-refractivity contribution < 1.29 is 33.9 Å². The number of aromatic nitrogens is 1. The van der Waals surface area contributed by atoms with Gasteiger partial charge in [0.1, 0.15) is 11.3 Å². The minimum Gasteiger partial charge on any atom is -0.478 e. The van der Waals surface area contributed by atoms with E-state index in [4.69, 9.17) is 26.8 Å². The summed E-state index contributed by atoms with van der Waals surface area (Å²) in [7, 11) is 1.74. The molecule has 4 rings (SSSR count). The fourth-order valence-corrected chi connectivity index (χ4v) is 4.90. The second-order valence-corrected chi connectivity index (χ2v) is 8.75. The summed E-state index contributed by atoms with van der Waals surface area (Å²) >= 11 is 6.86. The van der Waals surface area contributed by atoms with Crippen LogP contribution in [0.2, 0.25) is 0 Å². The van der Waals surface area contributed by atoms with Crippen LogP contribution < -0.4 is 10.3 Å². The Morgan fingerprint density at radius 2 is 1.74 bits per heavy atom. The number of halogens is 2. The van der Waals surface area contributed by atoms with Crippen molar-refractivity contribution in [3.8, 4) is 0 Å². The predicted molar refractivity (Wildman–Crippen MR) is 139 cm³/mol. The predicted octanol–water partition coefficient (Wildman–Crippen LogP) is 3.88. The molecular formula is C26H28ClFN4O6. The van der Waals surface area contributed by atoms with Gasteiger partial charge in [0, 0.05) is 36.2 Å². The lowest BCUT2D eigenvalue weighted by molar-refractivity contribution is -0.179. The summed E-state index contributed by atoms with van der Waals surface area (Å²) in [6.45, 7) is 4.22. The Kier molecular flexibility index (Phi) is 8.97. The molecule has 0 spiro atoms. The van der Waals surface area contributed by atoms with Crippen LogP contribution in [0.3, 0.4) is 0 Å². The molecule has 202 valence electrons. The van der Waals surface area contributed by atoms with Crippen LogP contribution in [-0.4, -0.2) is 67.6 Å². The molecule has 2 amide bonds. The number of carbonyl (C=O) groups excluding carboxylic acids is 1. The monoisotopic (exact) mass is 546 g/mol. The van der Waals surface area contributed by atoms with Gasteiger partial charge in [-0.3, -0.25) is 10.3 Å². The molecule has 0 bridgehead atoms. The Labute approximate surface area is 223 Å². The largest absolute Gasteiger partial charge is 0.478 e. The molecule has 0 aliphatic carbocycles. The minimum absolute atomic E-state index is 0.312. The molecule has 3 atom stereocenters. The van der Waals surface area contributed by atoms with Crippen molar-refractivity contribution in [3.63, 3.8) is 0 Å². The summed E-state index contributed by atoms with van der Waals surface area (Å²) in [5, 5.41) is 21.2. The number of aliphatic carboxylic acids is 2. The lowest BCUT2D eigenvalue weighted by Gasteiger charge is -2.41. The van der Waals surface area contributed by atoms with Crippen LogP contribution in [0.4, 0.5) is 9.18 Å². The quantitative estimate of drug-likeness (QED) is 0.222. The minimum atomic E-state index is -1.26. The number of para-hydroxylation sites is 1. The molecule has 1 saturated heterocycles. The number of nitrogens with one attached hydrogen (secondary N) is 1. The van der Waals surface area contributed by atoms with Crippen LogP contribution in [-0.2, 0) is 9.59 Å². The zero-order chi connectivity index (χ0) is 28.0. The Morgan fingerprint density at radius 1 is 1.13 bits per heavy atom. The van der Waals surface area contributed by atoms with Crippen LogP contribution in [0.25, 0.3) is 10.9 Å². The van der Waals surface area contributed by atoms with Gasteiger partial charge in [-0.15, -0.1) is 5.06 Å². The number of carbonyl (C=O) groups is 3. The lowest BCUT2D eigenvalue weighted by Crippen LogP contribution is -2.64. The number of hydrogen-bond acceptors (Lipinski definition) is 5. The fourth-order valence-electron chi connectivity index (χ4n) is 4.29. The first-order valence-electron chi connectivity index (χ1n) is 11.6. The topological polar surface area (TPSA) is 124 Å². The zero-order valence-corrected chi connectivity index (χ0v) is 21.7. The van der Waals surface area contributed by atoms with Gasteiger partial charge in [0.05, 0.1) is 5.52 Å². The van der Waals surface area contributed by atoms with Gasteiger partial charge in [-0.1, -0.05) is 48.9 Å². The Hall–Kier alpha value is -4.09. The number of amides is 2. The van der Waals surface area contributed by atoms with Crippen molar-refractivity contribution in [3.05, 3.63) is 84.3 Å². The van der Waals surface area contributed by atoms with E-state index in [-0.39, 0.29) is 17.8 Å². The number of hydroxylamine groups is 2. The molecule has 2 aromatic carbocycles. The van der Waals surface area contributed by atoms with E-state index in [9.17, 15) is 18.8 Å². The van der Waals surface area contributed by atoms with E-state index >= 15 is 0 Å². The first-order chi connectivity index (χ1) is 18.1. The van der Waals surface area contributed by atoms with E-state index in [0.29, 0.717) is 18.7 Å². The first-order valence-corrected chi connectivity index (χ1v) is 12.1. The highest BCUT2D eigenvalue weighted by molar-refractivity contribution is 6.23. The molecule has 38 heavy (non-hydrogen) atoms. The molecule has 0 saturated carbocycles. The standard InChI is InChI=1S/C22H24ClFN4O2.C4H4O4/c1-4-26-20(23)22(25-3,15(2)16-9-11-18(24)12-10-16)28(21(26)29)30-27-14-13-17-7-5-6-8-19(17)27;5-3(6)1-2-4(7)8/h5-15,20,25H,4H2,1-3H3;1-2H,(H,5,6)(H,7,8). The molecule has 3 N–H and O–H groups in total. The summed E-state index contributed by atoms with van der Waals surface area (Å²) in [6.07, 6.45) is 2.88. The third kappa shape index (κ3) is 5.58. The van der Waals surface area contributed by atoms with Crippen molar-refractivity contribution in [2.75, 3.05) is 13.6 Å². The number of benzene rings is 2. The summed E-state index contributed by atoms with van der Waals surface area (Å²) in [4.78, 5) is 40.1. The third-order valence-electron chi connectivity index (χ3n) is 6.27. The maximum absolute atomic E-state index is 13.5. The highest BCUT2D eigenvalue weighted by atomic mass is 35.5. The number of fused-ring (bicyclic) bond motifs is 1. The summed E-state index contributed by atoms with van der Waals surface area (Å²) in [5.41, 5.74) is -0.168. The Balaban J connectivity index is 0.000000436. The van der Waals surface area contributed by atoms with Crippen molar-refractivity contribution in [2.45, 2.75) is 30.9 Å². The molecule has 1 aliphatic heterocycles. The Morgan fingerprint density at radius 3 is 2.29 bits per heavy atom. The number of hydrogen-bond donors (Lipinski definition) is 3. The summed E-state index contributed by atoms with van der Waals surface area (Å²) < 4.78 is 15.0. The summed E-state index contributed by atoms with van der Waals surface area (Å²) in [5.74, 6) is -3.15. The van der Waals surface area contributed by atoms with E-state index in [1.54, 1.807) is 35.0 Å². The zero-order valence-electron chi connectivity index (χ0n) is 20.9. The van der Waals surface area contributed by atoms with E-state index in [1.807, 2.05) is 44.2 Å². The molecule has 0 radical (unpaired) electrons. The second kappa shape index (κ2) is 12.0. The normalized spacial score (nSPS) is 19.9. The van der Waals surface area contributed by atoms with Crippen LogP contribution in [0.15, 0.2) is 72.9 Å². The molecule has 1 aromatic heterocycles. The van der Waals surface area contributed by atoms with Crippen molar-refractivity contribution in [1.29, 1.82) is 0 Å². The number of urea groups is 1. The van der Waals surface area contributed by atoms with Crippen molar-refractivity contribution in [1.82, 2.24) is 20.0 Å². The average molecular weight is 547 g/mol. The van der Waals surface area contributed by atoms with Crippen LogP contribution >= 0.6 is 11.6 Å². The average Bonchev–Trinajstić information content (AvgIpc) is 3.39. The van der Waals surface area contributed by atoms with E-state index in [2.05, 4.69) is 5.32 Å². The fraction of sp³-hybridized carbons (Fsp3) is 0.269. The number of rotatable bonds is 8. The van der Waals surface area contributed by atoms with Crippen LogP contribution in [0.1, 0.15) is 25.3 Å². The highest BCUT2D eigenvalue weighted by Crippen LogP contribution is 2.42.